The summed E-state index contributed by atoms with van der Waals surface area (Å²) in [5.41, 5.74) is 1.80. The minimum atomic E-state index is -1.04. The summed E-state index contributed by atoms with van der Waals surface area (Å²) in [6, 6.07) is 17.6. The van der Waals surface area contributed by atoms with E-state index >= 15 is 0 Å². The van der Waals surface area contributed by atoms with Gasteiger partial charge in [-0.15, -0.1) is 0 Å². The molecule has 7 heteroatoms. The second-order valence-corrected chi connectivity index (χ2v) is 5.62. The number of urea groups is 2. The number of carbonyl (C=O) groups is 3. The van der Waals surface area contributed by atoms with E-state index in [1.807, 2.05) is 60.7 Å². The molecule has 3 rings (SSSR count). The molecule has 0 aliphatic carbocycles. The molecule has 1 aliphatic heterocycles. The summed E-state index contributed by atoms with van der Waals surface area (Å²) in [7, 11) is 0. The maximum absolute atomic E-state index is 12.1. The third-order valence-electron chi connectivity index (χ3n) is 3.81. The van der Waals surface area contributed by atoms with E-state index in [1.54, 1.807) is 0 Å². The lowest BCUT2D eigenvalue weighted by Gasteiger charge is -2.22. The second kappa shape index (κ2) is 7.48. The van der Waals surface area contributed by atoms with Crippen LogP contribution in [0.15, 0.2) is 60.7 Å². The average molecular weight is 338 g/mol. The van der Waals surface area contributed by atoms with Gasteiger partial charge in [0.05, 0.1) is 0 Å². The zero-order chi connectivity index (χ0) is 17.6. The first-order chi connectivity index (χ1) is 12.1. The molecule has 0 radical (unpaired) electrons. The van der Waals surface area contributed by atoms with Gasteiger partial charge in [-0.3, -0.25) is 15.0 Å². The molecule has 1 atom stereocenters. The number of rotatable bonds is 5. The Morgan fingerprint density at radius 3 is 2.20 bits per heavy atom. The SMILES string of the molecule is O=C(NCc1ccccc1)NC1C(=O)NC(=O)N1Cc1ccccc1. The fourth-order valence-electron chi connectivity index (χ4n) is 2.54. The number of nitrogens with one attached hydrogen (secondary N) is 3. The standard InChI is InChI=1S/C18H18N4O3/c23-16-15(20-17(24)19-11-13-7-3-1-4-8-13)22(18(25)21-16)12-14-9-5-2-6-10-14/h1-10,15H,11-12H2,(H2,19,20,24)(H,21,23,25). The normalized spacial score (nSPS) is 16.5. The van der Waals surface area contributed by atoms with Crippen molar-refractivity contribution < 1.29 is 14.4 Å². The summed E-state index contributed by atoms with van der Waals surface area (Å²) < 4.78 is 0. The van der Waals surface area contributed by atoms with Crippen LogP contribution in [0, 0.1) is 0 Å². The summed E-state index contributed by atoms with van der Waals surface area (Å²) in [6.45, 7) is 0.551. The highest BCUT2D eigenvalue weighted by atomic mass is 16.2. The van der Waals surface area contributed by atoms with Crippen LogP contribution in [-0.2, 0) is 17.9 Å². The fraction of sp³-hybridized carbons (Fsp3) is 0.167. The zero-order valence-corrected chi connectivity index (χ0v) is 13.4. The number of hydrogen-bond acceptors (Lipinski definition) is 3. The average Bonchev–Trinajstić information content (AvgIpc) is 2.89. The van der Waals surface area contributed by atoms with Gasteiger partial charge in [-0.2, -0.15) is 0 Å². The van der Waals surface area contributed by atoms with Gasteiger partial charge in [-0.25, -0.2) is 9.59 Å². The summed E-state index contributed by atoms with van der Waals surface area (Å²) in [5.74, 6) is -0.546. The molecule has 128 valence electrons. The highest BCUT2D eigenvalue weighted by Crippen LogP contribution is 2.12. The molecule has 0 saturated carbocycles. The number of nitrogens with zero attached hydrogens (tertiary/aromatic N) is 1. The Kier molecular flexibility index (Phi) is 4.94. The topological polar surface area (TPSA) is 90.5 Å². The molecule has 2 aromatic carbocycles. The molecule has 2 aromatic rings. The van der Waals surface area contributed by atoms with Crippen LogP contribution in [0.1, 0.15) is 11.1 Å². The van der Waals surface area contributed by atoms with Crippen molar-refractivity contribution in [1.82, 2.24) is 20.9 Å². The number of carbonyl (C=O) groups excluding carboxylic acids is 3. The minimum Gasteiger partial charge on any atom is -0.334 e. The van der Waals surface area contributed by atoms with Gasteiger partial charge < -0.3 is 10.6 Å². The number of imide groups is 1. The predicted octanol–water partition coefficient (Wildman–Crippen LogP) is 1.56. The molecular weight excluding hydrogens is 320 g/mol. The summed E-state index contributed by atoms with van der Waals surface area (Å²) in [4.78, 5) is 37.3. The van der Waals surface area contributed by atoms with Crippen molar-refractivity contribution in [1.29, 1.82) is 0 Å². The van der Waals surface area contributed by atoms with Crippen LogP contribution in [0.3, 0.4) is 0 Å². The van der Waals surface area contributed by atoms with Crippen LogP contribution in [0.4, 0.5) is 9.59 Å². The van der Waals surface area contributed by atoms with Crippen LogP contribution in [0.5, 0.6) is 0 Å². The summed E-state index contributed by atoms with van der Waals surface area (Å²) >= 11 is 0. The van der Waals surface area contributed by atoms with E-state index in [0.29, 0.717) is 6.54 Å². The van der Waals surface area contributed by atoms with Gasteiger partial charge in [-0.1, -0.05) is 60.7 Å². The van der Waals surface area contributed by atoms with Gasteiger partial charge in [0.15, 0.2) is 6.17 Å². The Balaban J connectivity index is 1.61. The van der Waals surface area contributed by atoms with E-state index in [4.69, 9.17) is 0 Å². The molecule has 7 nitrogen and oxygen atoms in total. The Labute approximate surface area is 145 Å². The molecule has 0 aromatic heterocycles. The van der Waals surface area contributed by atoms with E-state index < -0.39 is 24.1 Å². The van der Waals surface area contributed by atoms with Crippen LogP contribution in [-0.4, -0.2) is 29.0 Å². The minimum absolute atomic E-state index is 0.224. The monoisotopic (exact) mass is 338 g/mol. The van der Waals surface area contributed by atoms with Gasteiger partial charge >= 0.3 is 12.1 Å². The highest BCUT2D eigenvalue weighted by Gasteiger charge is 2.39. The Morgan fingerprint density at radius 2 is 1.56 bits per heavy atom. The lowest BCUT2D eigenvalue weighted by atomic mass is 10.2. The Hall–Kier alpha value is -3.35. The largest absolute Gasteiger partial charge is 0.334 e. The van der Waals surface area contributed by atoms with Crippen molar-refractivity contribution in [3.63, 3.8) is 0 Å². The molecule has 0 spiro atoms. The number of amides is 5. The fourth-order valence-corrected chi connectivity index (χ4v) is 2.54. The maximum atomic E-state index is 12.1. The van der Waals surface area contributed by atoms with Crippen LogP contribution >= 0.6 is 0 Å². The van der Waals surface area contributed by atoms with Gasteiger partial charge in [0.1, 0.15) is 0 Å². The predicted molar refractivity (Wildman–Crippen MR) is 91.1 cm³/mol. The number of benzene rings is 2. The van der Waals surface area contributed by atoms with Crippen molar-refractivity contribution in [2.24, 2.45) is 0 Å². The first-order valence-electron chi connectivity index (χ1n) is 7.87. The smallest absolute Gasteiger partial charge is 0.326 e. The van der Waals surface area contributed by atoms with E-state index in [1.165, 1.54) is 4.90 Å². The third-order valence-corrected chi connectivity index (χ3v) is 3.81. The molecule has 25 heavy (non-hydrogen) atoms. The number of hydrogen-bond donors (Lipinski definition) is 3. The van der Waals surface area contributed by atoms with E-state index in [2.05, 4.69) is 16.0 Å². The Morgan fingerprint density at radius 1 is 0.960 bits per heavy atom. The first kappa shape index (κ1) is 16.5. The molecule has 1 fully saturated rings. The van der Waals surface area contributed by atoms with Crippen LogP contribution < -0.4 is 16.0 Å². The lowest BCUT2D eigenvalue weighted by Crippen LogP contribution is -2.51. The van der Waals surface area contributed by atoms with Crippen molar-refractivity contribution in [2.45, 2.75) is 19.3 Å². The lowest BCUT2D eigenvalue weighted by molar-refractivity contribution is -0.122. The molecule has 3 N–H and O–H groups in total. The van der Waals surface area contributed by atoms with Gasteiger partial charge in [0.2, 0.25) is 0 Å². The molecule has 0 bridgehead atoms. The van der Waals surface area contributed by atoms with Gasteiger partial charge in [0.25, 0.3) is 5.91 Å². The maximum Gasteiger partial charge on any atom is 0.326 e. The molecule has 5 amide bonds. The third kappa shape index (κ3) is 4.14. The van der Waals surface area contributed by atoms with Crippen LogP contribution in [0.2, 0.25) is 0 Å². The zero-order valence-electron chi connectivity index (χ0n) is 13.4. The quantitative estimate of drug-likeness (QED) is 0.723. The van der Waals surface area contributed by atoms with E-state index in [9.17, 15) is 14.4 Å². The Bertz CT molecular complexity index is 764. The van der Waals surface area contributed by atoms with E-state index in [-0.39, 0.29) is 6.54 Å². The van der Waals surface area contributed by atoms with Gasteiger partial charge in [-0.05, 0) is 11.1 Å². The summed E-state index contributed by atoms with van der Waals surface area (Å²) in [6.07, 6.45) is -1.04. The van der Waals surface area contributed by atoms with E-state index in [0.717, 1.165) is 11.1 Å². The van der Waals surface area contributed by atoms with Crippen molar-refractivity contribution >= 4 is 18.0 Å². The molecule has 1 aliphatic rings. The van der Waals surface area contributed by atoms with Crippen molar-refractivity contribution in [3.05, 3.63) is 71.8 Å². The van der Waals surface area contributed by atoms with Crippen LogP contribution in [0.25, 0.3) is 0 Å². The van der Waals surface area contributed by atoms with Crippen molar-refractivity contribution in [3.8, 4) is 0 Å². The molecule has 1 unspecified atom stereocenters. The molecule has 1 saturated heterocycles. The molecule has 1 heterocycles. The van der Waals surface area contributed by atoms with Gasteiger partial charge in [0, 0.05) is 13.1 Å². The summed E-state index contributed by atoms with van der Waals surface area (Å²) in [5, 5.41) is 7.44. The highest BCUT2D eigenvalue weighted by molar-refractivity contribution is 6.05. The molecular formula is C18H18N4O3. The second-order valence-electron chi connectivity index (χ2n) is 5.62. The van der Waals surface area contributed by atoms with Crippen molar-refractivity contribution in [2.75, 3.05) is 0 Å². The first-order valence-corrected chi connectivity index (χ1v) is 7.87.